The summed E-state index contributed by atoms with van der Waals surface area (Å²) in [5, 5.41) is 8.34. The van der Waals surface area contributed by atoms with Gasteiger partial charge >= 0.3 is 0 Å². The van der Waals surface area contributed by atoms with Gasteiger partial charge in [-0.3, -0.25) is 0 Å². The smallest absolute Gasteiger partial charge is 0.205 e. The van der Waals surface area contributed by atoms with E-state index in [2.05, 4.69) is 4.72 Å². The van der Waals surface area contributed by atoms with Crippen molar-refractivity contribution in [2.45, 2.75) is 13.3 Å². The van der Waals surface area contributed by atoms with Gasteiger partial charge in [-0.05, 0) is 6.42 Å². The molecule has 0 aliphatic rings. The van der Waals surface area contributed by atoms with E-state index in [1.807, 2.05) is 6.92 Å². The molecule has 12 heavy (non-hydrogen) atoms. The first kappa shape index (κ1) is 11.4. The van der Waals surface area contributed by atoms with Gasteiger partial charge in [-0.25, -0.2) is 4.72 Å². The van der Waals surface area contributed by atoms with Crippen LogP contribution in [0.3, 0.4) is 0 Å². The van der Waals surface area contributed by atoms with Crippen LogP contribution in [-0.2, 0) is 10.2 Å². The Morgan fingerprint density at radius 3 is 2.50 bits per heavy atom. The first-order chi connectivity index (χ1) is 5.58. The summed E-state index contributed by atoms with van der Waals surface area (Å²) in [6.07, 6.45) is 0.697. The fourth-order valence-corrected chi connectivity index (χ4v) is 1.65. The molecule has 70 valence electrons. The van der Waals surface area contributed by atoms with Gasteiger partial charge in [0.2, 0.25) is 0 Å². The minimum atomic E-state index is -3.42. The minimum absolute atomic E-state index is 0.100. The first-order valence-electron chi connectivity index (χ1n) is 3.64. The Kier molecular flexibility index (Phi) is 4.81. The standard InChI is InChI=1S/C6H13N3O2S/c1-3-5-9(6-4-7)12(10,11)8-2/h8H,3,5-6H2,1-2H3. The Bertz CT molecular complexity index is 254. The maximum absolute atomic E-state index is 11.1. The van der Waals surface area contributed by atoms with Crippen LogP contribution in [0.5, 0.6) is 0 Å². The molecule has 0 aliphatic heterocycles. The zero-order valence-electron chi connectivity index (χ0n) is 7.24. The van der Waals surface area contributed by atoms with E-state index in [4.69, 9.17) is 5.26 Å². The molecule has 0 aromatic heterocycles. The van der Waals surface area contributed by atoms with Crippen molar-refractivity contribution < 1.29 is 8.42 Å². The Morgan fingerprint density at radius 2 is 2.17 bits per heavy atom. The highest BCUT2D eigenvalue weighted by atomic mass is 32.2. The molecule has 0 fully saturated rings. The molecule has 6 heteroatoms. The summed E-state index contributed by atoms with van der Waals surface area (Å²) in [7, 11) is -2.10. The van der Waals surface area contributed by atoms with Crippen molar-refractivity contribution in [3.8, 4) is 6.07 Å². The molecule has 0 bridgehead atoms. The molecule has 0 aromatic rings. The van der Waals surface area contributed by atoms with Crippen molar-refractivity contribution in [1.82, 2.24) is 9.03 Å². The Labute approximate surface area is 73.2 Å². The lowest BCUT2D eigenvalue weighted by Crippen LogP contribution is -2.39. The third-order valence-electron chi connectivity index (χ3n) is 1.32. The maximum atomic E-state index is 11.1. The SMILES string of the molecule is CCCN(CC#N)S(=O)(=O)NC. The molecule has 5 nitrogen and oxygen atoms in total. The highest BCUT2D eigenvalue weighted by molar-refractivity contribution is 7.87. The monoisotopic (exact) mass is 191 g/mol. The van der Waals surface area contributed by atoms with E-state index in [0.29, 0.717) is 13.0 Å². The predicted molar refractivity (Wildman–Crippen MR) is 45.5 cm³/mol. The van der Waals surface area contributed by atoms with E-state index in [-0.39, 0.29) is 6.54 Å². The molecule has 0 aliphatic carbocycles. The number of nitriles is 1. The molecule has 0 atom stereocenters. The van der Waals surface area contributed by atoms with Crippen molar-refractivity contribution in [3.63, 3.8) is 0 Å². The number of rotatable bonds is 5. The van der Waals surface area contributed by atoms with E-state index < -0.39 is 10.2 Å². The molecular weight excluding hydrogens is 178 g/mol. The summed E-state index contributed by atoms with van der Waals surface area (Å²) in [5.74, 6) is 0. The van der Waals surface area contributed by atoms with Gasteiger partial charge in [0.05, 0.1) is 6.07 Å². The summed E-state index contributed by atoms with van der Waals surface area (Å²) < 4.78 is 25.5. The molecule has 0 aromatic carbocycles. The van der Waals surface area contributed by atoms with Crippen molar-refractivity contribution in [1.29, 1.82) is 5.26 Å². The second-order valence-electron chi connectivity index (χ2n) is 2.20. The van der Waals surface area contributed by atoms with Gasteiger partial charge in [-0.1, -0.05) is 6.92 Å². The maximum Gasteiger partial charge on any atom is 0.280 e. The van der Waals surface area contributed by atoms with Crippen molar-refractivity contribution in [2.75, 3.05) is 20.1 Å². The summed E-state index contributed by atoms with van der Waals surface area (Å²) in [6.45, 7) is 2.13. The van der Waals surface area contributed by atoms with Crippen LogP contribution in [0.4, 0.5) is 0 Å². The average Bonchev–Trinajstić information content (AvgIpc) is 2.04. The zero-order valence-corrected chi connectivity index (χ0v) is 8.06. The first-order valence-corrected chi connectivity index (χ1v) is 5.08. The van der Waals surface area contributed by atoms with Gasteiger partial charge in [-0.15, -0.1) is 0 Å². The normalized spacial score (nSPS) is 11.5. The number of hydrogen-bond acceptors (Lipinski definition) is 3. The zero-order chi connectivity index (χ0) is 9.61. The molecule has 0 saturated carbocycles. The molecule has 0 radical (unpaired) electrons. The lowest BCUT2D eigenvalue weighted by atomic mass is 10.5. The van der Waals surface area contributed by atoms with Gasteiger partial charge in [0, 0.05) is 13.6 Å². The summed E-state index contributed by atoms with van der Waals surface area (Å²) in [5.41, 5.74) is 0. The minimum Gasteiger partial charge on any atom is -0.205 e. The summed E-state index contributed by atoms with van der Waals surface area (Å²) in [6, 6.07) is 1.80. The molecule has 0 rings (SSSR count). The number of hydrogen-bond donors (Lipinski definition) is 1. The fourth-order valence-electron chi connectivity index (χ4n) is 0.742. The van der Waals surface area contributed by atoms with Gasteiger partial charge in [0.1, 0.15) is 6.54 Å². The second-order valence-corrected chi connectivity index (χ2v) is 4.08. The second kappa shape index (κ2) is 5.09. The van der Waals surface area contributed by atoms with Crippen LogP contribution < -0.4 is 4.72 Å². The van der Waals surface area contributed by atoms with Crippen molar-refractivity contribution in [3.05, 3.63) is 0 Å². The predicted octanol–water partition coefficient (Wildman–Crippen LogP) is -0.314. The van der Waals surface area contributed by atoms with Gasteiger partial charge in [0.25, 0.3) is 10.2 Å². The van der Waals surface area contributed by atoms with Crippen molar-refractivity contribution in [2.24, 2.45) is 0 Å². The molecule has 0 saturated heterocycles. The molecule has 0 spiro atoms. The molecule has 0 heterocycles. The highest BCUT2D eigenvalue weighted by Crippen LogP contribution is 1.97. The number of nitrogens with one attached hydrogen (secondary N) is 1. The quantitative estimate of drug-likeness (QED) is 0.606. The van der Waals surface area contributed by atoms with Crippen LogP contribution in [0.2, 0.25) is 0 Å². The lowest BCUT2D eigenvalue weighted by molar-refractivity contribution is 0.438. The van der Waals surface area contributed by atoms with Crippen LogP contribution in [0, 0.1) is 11.3 Å². The number of nitrogens with zero attached hydrogens (tertiary/aromatic N) is 2. The van der Waals surface area contributed by atoms with E-state index in [1.165, 1.54) is 7.05 Å². The molecule has 0 unspecified atom stereocenters. The third kappa shape index (κ3) is 3.17. The van der Waals surface area contributed by atoms with Crippen molar-refractivity contribution >= 4 is 10.2 Å². The van der Waals surface area contributed by atoms with Gasteiger partial charge in [0.15, 0.2) is 0 Å². The molecule has 1 N–H and O–H groups in total. The van der Waals surface area contributed by atoms with E-state index in [0.717, 1.165) is 4.31 Å². The van der Waals surface area contributed by atoms with Crippen LogP contribution >= 0.6 is 0 Å². The highest BCUT2D eigenvalue weighted by Gasteiger charge is 2.17. The lowest BCUT2D eigenvalue weighted by Gasteiger charge is -2.16. The van der Waals surface area contributed by atoms with Gasteiger partial charge < -0.3 is 0 Å². The van der Waals surface area contributed by atoms with Crippen LogP contribution in [0.25, 0.3) is 0 Å². The van der Waals surface area contributed by atoms with Gasteiger partial charge in [-0.2, -0.15) is 18.0 Å². The summed E-state index contributed by atoms with van der Waals surface area (Å²) >= 11 is 0. The van der Waals surface area contributed by atoms with E-state index in [1.54, 1.807) is 6.07 Å². The average molecular weight is 191 g/mol. The van der Waals surface area contributed by atoms with E-state index >= 15 is 0 Å². The largest absolute Gasteiger partial charge is 0.280 e. The summed E-state index contributed by atoms with van der Waals surface area (Å²) in [4.78, 5) is 0. The van der Waals surface area contributed by atoms with Crippen LogP contribution in [0.1, 0.15) is 13.3 Å². The molecular formula is C6H13N3O2S. The third-order valence-corrected chi connectivity index (χ3v) is 2.83. The van der Waals surface area contributed by atoms with Crippen LogP contribution in [-0.4, -0.2) is 32.9 Å². The molecule has 0 amide bonds. The Balaban J connectivity index is 4.41. The topological polar surface area (TPSA) is 73.2 Å². The van der Waals surface area contributed by atoms with Crippen LogP contribution in [0.15, 0.2) is 0 Å². The Hall–Kier alpha value is -0.640. The Morgan fingerprint density at radius 1 is 1.58 bits per heavy atom. The van der Waals surface area contributed by atoms with E-state index in [9.17, 15) is 8.42 Å². The fraction of sp³-hybridized carbons (Fsp3) is 0.833.